The average Bonchev–Trinajstić information content (AvgIpc) is 3.20. The van der Waals surface area contributed by atoms with Gasteiger partial charge in [0.15, 0.2) is 0 Å². The first kappa shape index (κ1) is 21.3. The molecule has 3 aromatic heterocycles. The summed E-state index contributed by atoms with van der Waals surface area (Å²) in [6, 6.07) is 8.30. The molecule has 0 aliphatic heterocycles. The number of rotatable bonds is 5. The molecule has 1 fully saturated rings. The van der Waals surface area contributed by atoms with E-state index in [1.807, 2.05) is 26.0 Å². The van der Waals surface area contributed by atoms with Crippen molar-refractivity contribution < 1.29 is 19.4 Å². The molecule has 0 saturated heterocycles. The summed E-state index contributed by atoms with van der Waals surface area (Å²) in [5, 5.41) is 24.4. The molecule has 9 heteroatoms. The minimum Gasteiger partial charge on any atom is -0.481 e. The van der Waals surface area contributed by atoms with Crippen LogP contribution in [0.3, 0.4) is 0 Å². The van der Waals surface area contributed by atoms with E-state index in [1.54, 1.807) is 12.3 Å². The van der Waals surface area contributed by atoms with Crippen molar-refractivity contribution in [2.24, 2.45) is 11.3 Å². The number of carboxylic acids is 1. The number of hydrogen-bond donors (Lipinski definition) is 3. The van der Waals surface area contributed by atoms with Crippen molar-refractivity contribution in [3.63, 3.8) is 0 Å². The Morgan fingerprint density at radius 3 is 2.68 bits per heavy atom. The van der Waals surface area contributed by atoms with Gasteiger partial charge in [-0.2, -0.15) is 0 Å². The molecule has 2 atom stereocenters. The Hall–Kier alpha value is -2.91. The molecule has 31 heavy (non-hydrogen) atoms. The molecule has 4 rings (SSSR count). The molecule has 0 amide bonds. The topological polar surface area (TPSA) is 108 Å². The molecule has 3 N–H and O–H groups in total. The zero-order valence-electron chi connectivity index (χ0n) is 17.2. The molecule has 0 radical (unpaired) electrons. The highest BCUT2D eigenvalue weighted by atomic mass is 32.1. The van der Waals surface area contributed by atoms with Crippen molar-refractivity contribution in [1.82, 2.24) is 15.0 Å². The Balaban J connectivity index is 1.55. The van der Waals surface area contributed by atoms with Crippen LogP contribution in [0.15, 0.2) is 42.7 Å². The second-order valence-corrected chi connectivity index (χ2v) is 9.58. The third-order valence-corrected chi connectivity index (χ3v) is 6.94. The molecule has 0 aromatic carbocycles. The first-order chi connectivity index (χ1) is 14.7. The Bertz CT molecular complexity index is 1100. The number of aliphatic carboxylic acids is 1. The van der Waals surface area contributed by atoms with Crippen LogP contribution in [0.4, 0.5) is 16.0 Å². The van der Waals surface area contributed by atoms with Gasteiger partial charge in [-0.3, -0.25) is 4.79 Å². The van der Waals surface area contributed by atoms with Gasteiger partial charge in [-0.05, 0) is 48.9 Å². The maximum absolute atomic E-state index is 13.0. The van der Waals surface area contributed by atoms with Gasteiger partial charge in [0.1, 0.15) is 28.1 Å². The number of nitrogens with one attached hydrogen (secondary N) is 1. The highest BCUT2D eigenvalue weighted by molar-refractivity contribution is 7.15. The summed E-state index contributed by atoms with van der Waals surface area (Å²) in [5.41, 5.74) is -1.03. The van der Waals surface area contributed by atoms with E-state index in [0.29, 0.717) is 41.6 Å². The van der Waals surface area contributed by atoms with Crippen LogP contribution in [0.5, 0.6) is 0 Å². The molecule has 0 bridgehead atoms. The minimum absolute atomic E-state index is 0.329. The molecule has 3 aromatic rings. The molecule has 7 nitrogen and oxygen atoms in total. The summed E-state index contributed by atoms with van der Waals surface area (Å²) in [6.07, 6.45) is 3.89. The number of halogens is 1. The lowest BCUT2D eigenvalue weighted by molar-refractivity contribution is -0.154. The van der Waals surface area contributed by atoms with Gasteiger partial charge in [-0.15, -0.1) is 11.3 Å². The van der Waals surface area contributed by atoms with Gasteiger partial charge >= 0.3 is 5.97 Å². The van der Waals surface area contributed by atoms with Crippen molar-refractivity contribution >= 4 is 28.9 Å². The van der Waals surface area contributed by atoms with E-state index >= 15 is 0 Å². The van der Waals surface area contributed by atoms with Gasteiger partial charge in [0.05, 0.1) is 22.7 Å². The van der Waals surface area contributed by atoms with Gasteiger partial charge in [0.2, 0.25) is 0 Å². The summed E-state index contributed by atoms with van der Waals surface area (Å²) in [6.45, 7) is 3.76. The molecular weight excluding hydrogens is 419 g/mol. The fourth-order valence-electron chi connectivity index (χ4n) is 4.21. The van der Waals surface area contributed by atoms with Crippen LogP contribution in [0.2, 0.25) is 0 Å². The standard InChI is InChI=1S/C22H23FN4O3S/c1-21(2)12-22(30,9-8-14(21)19(28)29)20-25-11-16(31-20)15-4-3-5-18(26-15)27-17-7-6-13(23)10-24-17/h3-7,10-11,14,30H,8-9,12H2,1-2H3,(H,28,29)(H,24,26,27). The quantitative estimate of drug-likeness (QED) is 0.531. The maximum Gasteiger partial charge on any atom is 0.307 e. The predicted octanol–water partition coefficient (Wildman–Crippen LogP) is 4.58. The molecule has 1 aliphatic carbocycles. The number of pyridine rings is 2. The molecule has 3 heterocycles. The Morgan fingerprint density at radius 1 is 1.19 bits per heavy atom. The largest absolute Gasteiger partial charge is 0.481 e. The molecule has 0 spiro atoms. The summed E-state index contributed by atoms with van der Waals surface area (Å²) >= 11 is 1.35. The van der Waals surface area contributed by atoms with Gasteiger partial charge in [-0.25, -0.2) is 19.3 Å². The van der Waals surface area contributed by atoms with Crippen LogP contribution in [-0.2, 0) is 10.4 Å². The first-order valence-electron chi connectivity index (χ1n) is 9.94. The second-order valence-electron chi connectivity index (χ2n) is 8.55. The van der Waals surface area contributed by atoms with Crippen LogP contribution >= 0.6 is 11.3 Å². The summed E-state index contributed by atoms with van der Waals surface area (Å²) < 4.78 is 13.0. The normalized spacial score (nSPS) is 22.8. The van der Waals surface area contributed by atoms with Crippen molar-refractivity contribution in [2.45, 2.75) is 38.7 Å². The van der Waals surface area contributed by atoms with Crippen molar-refractivity contribution in [2.75, 3.05) is 5.32 Å². The van der Waals surface area contributed by atoms with E-state index < -0.39 is 28.7 Å². The Kier molecular flexibility index (Phi) is 5.49. The lowest BCUT2D eigenvalue weighted by Crippen LogP contribution is -2.44. The lowest BCUT2D eigenvalue weighted by Gasteiger charge is -2.44. The van der Waals surface area contributed by atoms with Crippen molar-refractivity contribution in [1.29, 1.82) is 0 Å². The number of carbonyl (C=O) groups is 1. The highest BCUT2D eigenvalue weighted by Gasteiger charge is 2.49. The van der Waals surface area contributed by atoms with E-state index in [-0.39, 0.29) is 0 Å². The number of carboxylic acid groups (broad SMARTS) is 1. The molecular formula is C22H23FN4O3S. The minimum atomic E-state index is -1.16. The maximum atomic E-state index is 13.0. The van der Waals surface area contributed by atoms with Gasteiger partial charge in [0, 0.05) is 6.20 Å². The number of nitrogens with zero attached hydrogens (tertiary/aromatic N) is 3. The number of hydrogen-bond acceptors (Lipinski definition) is 7. The fraction of sp³-hybridized carbons (Fsp3) is 0.364. The predicted molar refractivity (Wildman–Crippen MR) is 115 cm³/mol. The summed E-state index contributed by atoms with van der Waals surface area (Å²) in [7, 11) is 0. The average molecular weight is 443 g/mol. The SMILES string of the molecule is CC1(C)CC(O)(c2ncc(-c3cccc(Nc4ccc(F)cn4)n3)s2)CCC1C(=O)O. The summed E-state index contributed by atoms with van der Waals surface area (Å²) in [5.74, 6) is -0.702. The van der Waals surface area contributed by atoms with Crippen molar-refractivity contribution in [3.05, 3.63) is 53.6 Å². The molecule has 2 unspecified atom stereocenters. The van der Waals surface area contributed by atoms with E-state index in [0.717, 1.165) is 11.1 Å². The molecule has 1 saturated carbocycles. The third-order valence-electron chi connectivity index (χ3n) is 5.72. The fourth-order valence-corrected chi connectivity index (χ4v) is 5.21. The van der Waals surface area contributed by atoms with Crippen LogP contribution in [0.25, 0.3) is 10.6 Å². The van der Waals surface area contributed by atoms with Crippen LogP contribution in [0, 0.1) is 17.2 Å². The lowest BCUT2D eigenvalue weighted by atomic mass is 9.63. The first-order valence-corrected chi connectivity index (χ1v) is 10.8. The summed E-state index contributed by atoms with van der Waals surface area (Å²) in [4.78, 5) is 25.3. The third kappa shape index (κ3) is 4.42. The zero-order chi connectivity index (χ0) is 22.2. The van der Waals surface area contributed by atoms with Crippen LogP contribution in [0.1, 0.15) is 38.1 Å². The highest BCUT2D eigenvalue weighted by Crippen LogP contribution is 2.50. The Morgan fingerprint density at radius 2 is 2.00 bits per heavy atom. The Labute approximate surface area is 183 Å². The van der Waals surface area contributed by atoms with E-state index in [9.17, 15) is 19.4 Å². The van der Waals surface area contributed by atoms with Crippen LogP contribution in [-0.4, -0.2) is 31.1 Å². The van der Waals surface area contributed by atoms with E-state index in [4.69, 9.17) is 0 Å². The second kappa shape index (κ2) is 7.97. The van der Waals surface area contributed by atoms with Crippen LogP contribution < -0.4 is 5.32 Å². The van der Waals surface area contributed by atoms with Crippen molar-refractivity contribution in [3.8, 4) is 10.6 Å². The number of aromatic nitrogens is 3. The van der Waals surface area contributed by atoms with E-state index in [2.05, 4.69) is 20.3 Å². The number of aliphatic hydroxyl groups is 1. The van der Waals surface area contributed by atoms with E-state index in [1.165, 1.54) is 23.5 Å². The van der Waals surface area contributed by atoms with Gasteiger partial charge < -0.3 is 15.5 Å². The zero-order valence-corrected chi connectivity index (χ0v) is 18.0. The molecule has 1 aliphatic rings. The van der Waals surface area contributed by atoms with Gasteiger partial charge in [-0.1, -0.05) is 19.9 Å². The molecule has 162 valence electrons. The number of anilines is 2. The number of thiazole rings is 1. The van der Waals surface area contributed by atoms with Gasteiger partial charge in [0.25, 0.3) is 0 Å². The smallest absolute Gasteiger partial charge is 0.307 e. The monoisotopic (exact) mass is 442 g/mol.